The molecule has 6 nitrogen and oxygen atoms in total. The molecule has 0 radical (unpaired) electrons. The predicted molar refractivity (Wildman–Crippen MR) is 93.5 cm³/mol. The third-order valence-electron chi connectivity index (χ3n) is 3.66. The molecule has 2 aromatic rings. The Morgan fingerprint density at radius 2 is 2.00 bits per heavy atom. The summed E-state index contributed by atoms with van der Waals surface area (Å²) in [6.07, 6.45) is 4.43. The van der Waals surface area contributed by atoms with E-state index in [0.717, 1.165) is 16.9 Å². The molecular formula is C18H26N4O2. The van der Waals surface area contributed by atoms with Crippen molar-refractivity contribution in [3.63, 3.8) is 0 Å². The van der Waals surface area contributed by atoms with Gasteiger partial charge in [-0.05, 0) is 43.5 Å². The van der Waals surface area contributed by atoms with Crippen LogP contribution in [0.2, 0.25) is 0 Å². The van der Waals surface area contributed by atoms with E-state index < -0.39 is 0 Å². The van der Waals surface area contributed by atoms with Gasteiger partial charge in [0.05, 0.1) is 18.2 Å². The molecule has 1 aromatic heterocycles. The van der Waals surface area contributed by atoms with E-state index >= 15 is 0 Å². The Morgan fingerprint density at radius 1 is 1.29 bits per heavy atom. The minimum Gasteiger partial charge on any atom is -0.491 e. The van der Waals surface area contributed by atoms with E-state index in [0.29, 0.717) is 19.5 Å². The maximum absolute atomic E-state index is 11.6. The molecule has 1 aromatic carbocycles. The van der Waals surface area contributed by atoms with Crippen LogP contribution in [0.15, 0.2) is 36.7 Å². The Balaban J connectivity index is 1.83. The zero-order valence-corrected chi connectivity index (χ0v) is 14.5. The largest absolute Gasteiger partial charge is 0.491 e. The lowest BCUT2D eigenvalue weighted by Gasteiger charge is -2.14. The Morgan fingerprint density at radius 3 is 2.54 bits per heavy atom. The number of carbonyl (C=O) groups excluding carboxylic acids is 1. The molecule has 6 heteroatoms. The molecule has 0 unspecified atom stereocenters. The average molecular weight is 330 g/mol. The number of ether oxygens (including phenoxy) is 1. The third-order valence-corrected chi connectivity index (χ3v) is 3.66. The zero-order valence-electron chi connectivity index (χ0n) is 14.5. The van der Waals surface area contributed by atoms with Crippen molar-refractivity contribution in [2.24, 2.45) is 18.7 Å². The van der Waals surface area contributed by atoms with E-state index in [4.69, 9.17) is 10.5 Å². The van der Waals surface area contributed by atoms with Crippen molar-refractivity contribution >= 4 is 5.91 Å². The topological polar surface area (TPSA) is 82.2 Å². The van der Waals surface area contributed by atoms with E-state index in [9.17, 15) is 4.79 Å². The van der Waals surface area contributed by atoms with Crippen LogP contribution in [0.25, 0.3) is 0 Å². The Bertz CT molecular complexity index is 649. The summed E-state index contributed by atoms with van der Waals surface area (Å²) in [7, 11) is 1.85. The lowest BCUT2D eigenvalue weighted by Crippen LogP contribution is -2.34. The van der Waals surface area contributed by atoms with E-state index in [1.165, 1.54) is 0 Å². The molecule has 24 heavy (non-hydrogen) atoms. The summed E-state index contributed by atoms with van der Waals surface area (Å²) >= 11 is 0. The first-order valence-electron chi connectivity index (χ1n) is 8.17. The summed E-state index contributed by atoms with van der Waals surface area (Å²) in [5.74, 6) is 0.310. The molecule has 0 saturated heterocycles. The molecule has 0 aliphatic carbocycles. The molecule has 3 N–H and O–H groups in total. The quantitative estimate of drug-likeness (QED) is 0.732. The van der Waals surface area contributed by atoms with Gasteiger partial charge < -0.3 is 15.8 Å². The van der Waals surface area contributed by atoms with Crippen molar-refractivity contribution in [1.82, 2.24) is 15.1 Å². The summed E-state index contributed by atoms with van der Waals surface area (Å²) < 4.78 is 7.35. The summed E-state index contributed by atoms with van der Waals surface area (Å²) in [4.78, 5) is 11.6. The first kappa shape index (κ1) is 18.0. The number of nitrogens with two attached hydrogens (primary N) is 1. The molecule has 0 saturated carbocycles. The van der Waals surface area contributed by atoms with Crippen LogP contribution >= 0.6 is 0 Å². The summed E-state index contributed by atoms with van der Waals surface area (Å²) in [5.41, 5.74) is 7.66. The van der Waals surface area contributed by atoms with E-state index in [-0.39, 0.29) is 17.9 Å². The number of hydrogen-bond acceptors (Lipinski definition) is 4. The number of nitrogens with zero attached hydrogens (tertiary/aromatic N) is 2. The van der Waals surface area contributed by atoms with Crippen LogP contribution < -0.4 is 15.8 Å². The molecule has 130 valence electrons. The molecule has 0 aliphatic heterocycles. The predicted octanol–water partition coefficient (Wildman–Crippen LogP) is 1.64. The van der Waals surface area contributed by atoms with Gasteiger partial charge in [-0.3, -0.25) is 9.48 Å². The van der Waals surface area contributed by atoms with Crippen molar-refractivity contribution < 1.29 is 9.53 Å². The third kappa shape index (κ3) is 5.70. The Kier molecular flexibility index (Phi) is 6.37. The lowest BCUT2D eigenvalue weighted by atomic mass is 10.0. The molecule has 2 rings (SSSR count). The minimum absolute atomic E-state index is 0.165. The van der Waals surface area contributed by atoms with Gasteiger partial charge in [-0.1, -0.05) is 12.1 Å². The first-order valence-corrected chi connectivity index (χ1v) is 8.17. The number of hydrogen-bond donors (Lipinski definition) is 2. The smallest absolute Gasteiger partial charge is 0.222 e. The van der Waals surface area contributed by atoms with Crippen LogP contribution in [-0.2, 0) is 24.8 Å². The second-order valence-corrected chi connectivity index (χ2v) is 6.27. The van der Waals surface area contributed by atoms with Crippen LogP contribution in [0.5, 0.6) is 5.75 Å². The van der Waals surface area contributed by atoms with Crippen LogP contribution in [-0.4, -0.2) is 28.3 Å². The molecule has 0 aliphatic rings. The van der Waals surface area contributed by atoms with Crippen LogP contribution in [0.1, 0.15) is 25.0 Å². The van der Waals surface area contributed by atoms with Crippen molar-refractivity contribution in [2.75, 3.05) is 6.54 Å². The number of rotatable bonds is 9. The van der Waals surface area contributed by atoms with Gasteiger partial charge in [0.2, 0.25) is 5.91 Å². The summed E-state index contributed by atoms with van der Waals surface area (Å²) in [6.45, 7) is 5.22. The highest BCUT2D eigenvalue weighted by Gasteiger charge is 2.16. The SMILES string of the molecule is CC(C)Oc1ccc(CNC[C@H](Cc2cnn(C)c2)C(N)=O)cc1. The summed E-state index contributed by atoms with van der Waals surface area (Å²) in [6, 6.07) is 7.95. The van der Waals surface area contributed by atoms with Gasteiger partial charge in [0.15, 0.2) is 0 Å². The molecule has 1 heterocycles. The molecule has 1 atom stereocenters. The van der Waals surface area contributed by atoms with Gasteiger partial charge in [0.25, 0.3) is 0 Å². The van der Waals surface area contributed by atoms with Crippen molar-refractivity contribution in [3.05, 3.63) is 47.8 Å². The number of nitrogens with one attached hydrogen (secondary N) is 1. The van der Waals surface area contributed by atoms with Gasteiger partial charge in [-0.2, -0.15) is 5.10 Å². The number of aryl methyl sites for hydroxylation is 1. The maximum atomic E-state index is 11.6. The van der Waals surface area contributed by atoms with Crippen molar-refractivity contribution in [1.29, 1.82) is 0 Å². The molecule has 1 amide bonds. The highest BCUT2D eigenvalue weighted by atomic mass is 16.5. The van der Waals surface area contributed by atoms with Gasteiger partial charge in [0.1, 0.15) is 5.75 Å². The lowest BCUT2D eigenvalue weighted by molar-refractivity contribution is -0.121. The first-order chi connectivity index (χ1) is 11.4. The highest BCUT2D eigenvalue weighted by Crippen LogP contribution is 2.14. The van der Waals surface area contributed by atoms with Crippen molar-refractivity contribution in [2.45, 2.75) is 32.9 Å². The van der Waals surface area contributed by atoms with E-state index in [2.05, 4.69) is 10.4 Å². The van der Waals surface area contributed by atoms with E-state index in [1.807, 2.05) is 51.4 Å². The van der Waals surface area contributed by atoms with Gasteiger partial charge in [-0.25, -0.2) is 0 Å². The van der Waals surface area contributed by atoms with Crippen LogP contribution in [0.4, 0.5) is 0 Å². The number of primary amides is 1. The van der Waals surface area contributed by atoms with Gasteiger partial charge in [-0.15, -0.1) is 0 Å². The summed E-state index contributed by atoms with van der Waals surface area (Å²) in [5, 5.41) is 7.42. The fourth-order valence-electron chi connectivity index (χ4n) is 2.48. The zero-order chi connectivity index (χ0) is 17.5. The minimum atomic E-state index is -0.299. The molecule has 0 spiro atoms. The Hall–Kier alpha value is -2.34. The van der Waals surface area contributed by atoms with Crippen LogP contribution in [0, 0.1) is 5.92 Å². The Labute approximate surface area is 143 Å². The highest BCUT2D eigenvalue weighted by molar-refractivity contribution is 5.77. The van der Waals surface area contributed by atoms with Gasteiger partial charge >= 0.3 is 0 Å². The maximum Gasteiger partial charge on any atom is 0.222 e. The average Bonchev–Trinajstić information content (AvgIpc) is 2.92. The fourth-order valence-corrected chi connectivity index (χ4v) is 2.48. The molecule has 0 bridgehead atoms. The van der Waals surface area contributed by atoms with Crippen molar-refractivity contribution in [3.8, 4) is 5.75 Å². The standard InChI is InChI=1S/C18H26N4O2/c1-13(2)24-17-6-4-14(5-7-17)9-20-11-16(18(19)23)8-15-10-21-22(3)12-15/h4-7,10,12-13,16,20H,8-9,11H2,1-3H3,(H2,19,23)/t16-/m0/s1. The van der Waals surface area contributed by atoms with Crippen LogP contribution in [0.3, 0.4) is 0 Å². The molecular weight excluding hydrogens is 304 g/mol. The number of benzene rings is 1. The number of carbonyl (C=O) groups is 1. The monoisotopic (exact) mass is 330 g/mol. The fraction of sp³-hybridized carbons (Fsp3) is 0.444. The second kappa shape index (κ2) is 8.49. The second-order valence-electron chi connectivity index (χ2n) is 6.27. The number of amides is 1. The number of aromatic nitrogens is 2. The van der Waals surface area contributed by atoms with Gasteiger partial charge in [0, 0.05) is 26.3 Å². The normalized spacial score (nSPS) is 12.3. The van der Waals surface area contributed by atoms with E-state index in [1.54, 1.807) is 10.9 Å². The molecule has 0 fully saturated rings.